The monoisotopic (exact) mass is 449 g/mol. The second-order valence-corrected chi connectivity index (χ2v) is 7.52. The number of carbonyl (C=O) groups is 2. The van der Waals surface area contributed by atoms with Crippen LogP contribution in [0.3, 0.4) is 0 Å². The third kappa shape index (κ3) is 6.23. The Morgan fingerprint density at radius 3 is 2.25 bits per heavy atom. The summed E-state index contributed by atoms with van der Waals surface area (Å²) >= 11 is 0. The molecule has 1 unspecified atom stereocenters. The van der Waals surface area contributed by atoms with Crippen LogP contribution in [0.2, 0.25) is 0 Å². The summed E-state index contributed by atoms with van der Waals surface area (Å²) in [5.74, 6) is -0.0120. The molecule has 9 heteroatoms. The lowest BCUT2D eigenvalue weighted by atomic mass is 10.1. The number of nitrogens with one attached hydrogen (secondary N) is 1. The van der Waals surface area contributed by atoms with E-state index in [2.05, 4.69) is 5.32 Å². The van der Waals surface area contributed by atoms with Gasteiger partial charge in [0.25, 0.3) is 5.91 Å². The second-order valence-electron chi connectivity index (χ2n) is 7.52. The molecular formula is C23H26F3N3O3. The van der Waals surface area contributed by atoms with Crippen molar-refractivity contribution in [2.24, 2.45) is 0 Å². The Balaban J connectivity index is 1.50. The third-order valence-corrected chi connectivity index (χ3v) is 5.23. The van der Waals surface area contributed by atoms with E-state index in [0.29, 0.717) is 38.3 Å². The van der Waals surface area contributed by atoms with Crippen molar-refractivity contribution in [3.05, 3.63) is 60.2 Å². The lowest BCUT2D eigenvalue weighted by Gasteiger charge is -2.36. The molecule has 1 saturated heterocycles. The molecule has 0 radical (unpaired) electrons. The van der Waals surface area contributed by atoms with Gasteiger partial charge in [-0.25, -0.2) is 0 Å². The fourth-order valence-corrected chi connectivity index (χ4v) is 3.53. The van der Waals surface area contributed by atoms with Gasteiger partial charge in [0.1, 0.15) is 5.75 Å². The Labute approximate surface area is 184 Å². The SMILES string of the molecule is CCC(Oc1ccccc1)C(=O)N1CCN(CC(=O)Nc2ccccc2C(F)(F)F)CC1. The maximum absolute atomic E-state index is 13.1. The van der Waals surface area contributed by atoms with Gasteiger partial charge in [0.05, 0.1) is 17.8 Å². The number of piperazine rings is 1. The third-order valence-electron chi connectivity index (χ3n) is 5.23. The zero-order valence-corrected chi connectivity index (χ0v) is 17.8. The molecule has 1 atom stereocenters. The molecule has 3 rings (SSSR count). The molecule has 1 heterocycles. The van der Waals surface area contributed by atoms with Crippen molar-refractivity contribution in [2.45, 2.75) is 25.6 Å². The van der Waals surface area contributed by atoms with Crippen molar-refractivity contribution in [3.8, 4) is 5.75 Å². The minimum absolute atomic E-state index is 0.0497. The number of alkyl halides is 3. The quantitative estimate of drug-likeness (QED) is 0.701. The summed E-state index contributed by atoms with van der Waals surface area (Å²) in [5.41, 5.74) is -1.14. The molecule has 1 aliphatic rings. The van der Waals surface area contributed by atoms with Crippen molar-refractivity contribution < 1.29 is 27.5 Å². The predicted octanol–water partition coefficient (Wildman–Crippen LogP) is 3.65. The van der Waals surface area contributed by atoms with Gasteiger partial charge in [-0.15, -0.1) is 0 Å². The maximum atomic E-state index is 13.1. The van der Waals surface area contributed by atoms with Crippen LogP contribution in [-0.2, 0) is 15.8 Å². The highest BCUT2D eigenvalue weighted by atomic mass is 19.4. The molecule has 0 aromatic heterocycles. The van der Waals surface area contributed by atoms with Crippen molar-refractivity contribution in [1.29, 1.82) is 0 Å². The summed E-state index contributed by atoms with van der Waals surface area (Å²) < 4.78 is 45.1. The van der Waals surface area contributed by atoms with Crippen LogP contribution in [0.4, 0.5) is 18.9 Å². The summed E-state index contributed by atoms with van der Waals surface area (Å²) in [4.78, 5) is 28.7. The summed E-state index contributed by atoms with van der Waals surface area (Å²) in [6, 6.07) is 14.0. The highest BCUT2D eigenvalue weighted by molar-refractivity contribution is 5.93. The Kier molecular flexibility index (Phi) is 7.74. The van der Waals surface area contributed by atoms with E-state index in [0.717, 1.165) is 6.07 Å². The number of para-hydroxylation sites is 2. The molecule has 1 fully saturated rings. The number of ether oxygens (including phenoxy) is 1. The Hall–Kier alpha value is -3.07. The van der Waals surface area contributed by atoms with E-state index in [4.69, 9.17) is 4.74 Å². The first kappa shape index (κ1) is 23.6. The highest BCUT2D eigenvalue weighted by Crippen LogP contribution is 2.34. The predicted molar refractivity (Wildman–Crippen MR) is 114 cm³/mol. The van der Waals surface area contributed by atoms with Crippen LogP contribution < -0.4 is 10.1 Å². The standard InChI is InChI=1S/C23H26F3N3O3/c1-2-20(32-17-8-4-3-5-9-17)22(31)29-14-12-28(13-15-29)16-21(30)27-19-11-7-6-10-18(19)23(24,25)26/h3-11,20H,2,12-16H2,1H3,(H,27,30). The Bertz CT molecular complexity index is 913. The first-order valence-corrected chi connectivity index (χ1v) is 10.5. The molecule has 6 nitrogen and oxygen atoms in total. The van der Waals surface area contributed by atoms with Gasteiger partial charge >= 0.3 is 6.18 Å². The lowest BCUT2D eigenvalue weighted by molar-refractivity contribution is -0.140. The number of benzene rings is 2. The number of hydrogen-bond acceptors (Lipinski definition) is 4. The number of carbonyl (C=O) groups excluding carboxylic acids is 2. The van der Waals surface area contributed by atoms with Gasteiger partial charge in [-0.1, -0.05) is 37.3 Å². The molecule has 2 aromatic carbocycles. The van der Waals surface area contributed by atoms with Gasteiger partial charge in [-0.05, 0) is 30.7 Å². The van der Waals surface area contributed by atoms with E-state index >= 15 is 0 Å². The van der Waals surface area contributed by atoms with Crippen LogP contribution in [0, 0.1) is 0 Å². The summed E-state index contributed by atoms with van der Waals surface area (Å²) in [5, 5.41) is 2.35. The smallest absolute Gasteiger partial charge is 0.418 e. The van der Waals surface area contributed by atoms with Gasteiger partial charge in [-0.3, -0.25) is 14.5 Å². The van der Waals surface area contributed by atoms with Crippen LogP contribution in [0.15, 0.2) is 54.6 Å². The topological polar surface area (TPSA) is 61.9 Å². The molecule has 0 spiro atoms. The molecule has 1 N–H and O–H groups in total. The number of rotatable bonds is 7. The van der Waals surface area contributed by atoms with Crippen molar-refractivity contribution >= 4 is 17.5 Å². The van der Waals surface area contributed by atoms with Gasteiger partial charge in [0.2, 0.25) is 5.91 Å². The van der Waals surface area contributed by atoms with E-state index in [9.17, 15) is 22.8 Å². The van der Waals surface area contributed by atoms with E-state index in [-0.39, 0.29) is 18.1 Å². The first-order chi connectivity index (χ1) is 15.3. The molecule has 32 heavy (non-hydrogen) atoms. The number of halogens is 3. The van der Waals surface area contributed by atoms with Crippen molar-refractivity contribution in [1.82, 2.24) is 9.80 Å². The number of amides is 2. The van der Waals surface area contributed by atoms with Crippen LogP contribution in [0.5, 0.6) is 5.75 Å². The number of anilines is 1. The van der Waals surface area contributed by atoms with E-state index in [1.54, 1.807) is 17.0 Å². The normalized spacial score (nSPS) is 15.8. The van der Waals surface area contributed by atoms with Gasteiger partial charge < -0.3 is 15.0 Å². The minimum atomic E-state index is -4.55. The Morgan fingerprint density at radius 1 is 1.00 bits per heavy atom. The largest absolute Gasteiger partial charge is 0.481 e. The van der Waals surface area contributed by atoms with Gasteiger partial charge in [0.15, 0.2) is 6.10 Å². The van der Waals surface area contributed by atoms with Crippen LogP contribution in [0.1, 0.15) is 18.9 Å². The van der Waals surface area contributed by atoms with E-state index in [1.165, 1.54) is 18.2 Å². The zero-order chi connectivity index (χ0) is 23.1. The van der Waals surface area contributed by atoms with Crippen molar-refractivity contribution in [3.63, 3.8) is 0 Å². The average Bonchev–Trinajstić information content (AvgIpc) is 2.78. The van der Waals surface area contributed by atoms with Crippen LogP contribution in [0.25, 0.3) is 0 Å². The fraction of sp³-hybridized carbons (Fsp3) is 0.391. The highest BCUT2D eigenvalue weighted by Gasteiger charge is 2.34. The summed E-state index contributed by atoms with van der Waals surface area (Å²) in [6.45, 7) is 3.56. The van der Waals surface area contributed by atoms with E-state index in [1.807, 2.05) is 30.0 Å². The Morgan fingerprint density at radius 2 is 1.62 bits per heavy atom. The molecule has 1 aliphatic heterocycles. The summed E-state index contributed by atoms with van der Waals surface area (Å²) in [7, 11) is 0. The van der Waals surface area contributed by atoms with Gasteiger partial charge in [0, 0.05) is 26.2 Å². The van der Waals surface area contributed by atoms with Gasteiger partial charge in [-0.2, -0.15) is 13.2 Å². The molecule has 0 saturated carbocycles. The molecular weight excluding hydrogens is 423 g/mol. The molecule has 172 valence electrons. The van der Waals surface area contributed by atoms with E-state index < -0.39 is 23.8 Å². The molecule has 0 aliphatic carbocycles. The number of hydrogen-bond donors (Lipinski definition) is 1. The van der Waals surface area contributed by atoms with Crippen molar-refractivity contribution in [2.75, 3.05) is 38.0 Å². The zero-order valence-electron chi connectivity index (χ0n) is 17.8. The average molecular weight is 449 g/mol. The number of nitrogens with zero attached hydrogens (tertiary/aromatic N) is 2. The second kappa shape index (κ2) is 10.5. The molecule has 2 amide bonds. The molecule has 2 aromatic rings. The minimum Gasteiger partial charge on any atom is -0.481 e. The molecule has 0 bridgehead atoms. The first-order valence-electron chi connectivity index (χ1n) is 10.5. The maximum Gasteiger partial charge on any atom is 0.418 e. The lowest BCUT2D eigenvalue weighted by Crippen LogP contribution is -2.53. The van der Waals surface area contributed by atoms with Crippen LogP contribution >= 0.6 is 0 Å². The summed E-state index contributed by atoms with van der Waals surface area (Å²) in [6.07, 6.45) is -4.62. The van der Waals surface area contributed by atoms with Crippen LogP contribution in [-0.4, -0.2) is 60.4 Å². The fourth-order valence-electron chi connectivity index (χ4n) is 3.53.